The van der Waals surface area contributed by atoms with Crippen molar-refractivity contribution >= 4 is 17.3 Å². The van der Waals surface area contributed by atoms with Gasteiger partial charge >= 0.3 is 0 Å². The van der Waals surface area contributed by atoms with Crippen molar-refractivity contribution < 1.29 is 4.74 Å². The van der Waals surface area contributed by atoms with Gasteiger partial charge in [0.25, 0.3) is 0 Å². The Morgan fingerprint density at radius 2 is 2.25 bits per heavy atom. The van der Waals surface area contributed by atoms with Gasteiger partial charge in [0, 0.05) is 14.2 Å². The van der Waals surface area contributed by atoms with Gasteiger partial charge in [-0.3, -0.25) is 0 Å². The van der Waals surface area contributed by atoms with Crippen molar-refractivity contribution in [2.45, 2.75) is 31.4 Å². The molecule has 0 aromatic rings. The van der Waals surface area contributed by atoms with Gasteiger partial charge in [0.1, 0.15) is 0 Å². The number of nitrogens with one attached hydrogen (secondary N) is 2. The zero-order chi connectivity index (χ0) is 8.97. The fourth-order valence-electron chi connectivity index (χ4n) is 1.61. The summed E-state index contributed by atoms with van der Waals surface area (Å²) >= 11 is 5.01. The van der Waals surface area contributed by atoms with Gasteiger partial charge in [0.2, 0.25) is 0 Å². The molecular formula is C8H16N2OS. The predicted molar refractivity (Wildman–Crippen MR) is 53.2 cm³/mol. The molecular weight excluding hydrogens is 172 g/mol. The lowest BCUT2D eigenvalue weighted by Crippen LogP contribution is -2.44. The van der Waals surface area contributed by atoms with Crippen LogP contribution in [0.25, 0.3) is 0 Å². The summed E-state index contributed by atoms with van der Waals surface area (Å²) in [4.78, 5) is 0. The van der Waals surface area contributed by atoms with E-state index in [-0.39, 0.29) is 0 Å². The van der Waals surface area contributed by atoms with E-state index >= 15 is 0 Å². The van der Waals surface area contributed by atoms with E-state index in [9.17, 15) is 0 Å². The SMILES string of the molecule is CNC(=S)N[C@H]1CCC[C@@H]1OC. The molecule has 1 aliphatic rings. The minimum atomic E-state index is 0.330. The van der Waals surface area contributed by atoms with E-state index in [0.717, 1.165) is 12.8 Å². The average Bonchev–Trinajstić information content (AvgIpc) is 2.51. The molecule has 1 aliphatic carbocycles. The fraction of sp³-hybridized carbons (Fsp3) is 0.875. The maximum atomic E-state index is 5.32. The van der Waals surface area contributed by atoms with Crippen molar-refractivity contribution in [2.75, 3.05) is 14.2 Å². The Hall–Kier alpha value is -0.350. The third kappa shape index (κ3) is 2.32. The Bertz CT molecular complexity index is 163. The number of methoxy groups -OCH3 is 1. The minimum absolute atomic E-state index is 0.330. The smallest absolute Gasteiger partial charge is 0.166 e. The van der Waals surface area contributed by atoms with E-state index in [2.05, 4.69) is 10.6 Å². The second-order valence-electron chi connectivity index (χ2n) is 3.04. The summed E-state index contributed by atoms with van der Waals surface area (Å²) in [6, 6.07) is 0.398. The zero-order valence-electron chi connectivity index (χ0n) is 7.59. The quantitative estimate of drug-likeness (QED) is 0.623. The highest BCUT2D eigenvalue weighted by Gasteiger charge is 2.27. The maximum Gasteiger partial charge on any atom is 0.166 e. The van der Waals surface area contributed by atoms with Crippen LogP contribution < -0.4 is 10.6 Å². The van der Waals surface area contributed by atoms with E-state index in [1.807, 2.05) is 7.05 Å². The molecule has 0 aromatic heterocycles. The number of hydrogen-bond donors (Lipinski definition) is 2. The van der Waals surface area contributed by atoms with E-state index in [4.69, 9.17) is 17.0 Å². The highest BCUT2D eigenvalue weighted by atomic mass is 32.1. The number of hydrogen-bond acceptors (Lipinski definition) is 2. The van der Waals surface area contributed by atoms with Gasteiger partial charge in [-0.05, 0) is 31.5 Å². The van der Waals surface area contributed by atoms with Crippen LogP contribution >= 0.6 is 12.2 Å². The van der Waals surface area contributed by atoms with Crippen LogP contribution in [0.2, 0.25) is 0 Å². The molecule has 0 amide bonds. The highest BCUT2D eigenvalue weighted by Crippen LogP contribution is 2.21. The van der Waals surface area contributed by atoms with Crippen molar-refractivity contribution in [1.29, 1.82) is 0 Å². The van der Waals surface area contributed by atoms with Crippen molar-refractivity contribution in [1.82, 2.24) is 10.6 Å². The Labute approximate surface area is 78.9 Å². The van der Waals surface area contributed by atoms with Gasteiger partial charge in [-0.25, -0.2) is 0 Å². The molecule has 0 spiro atoms. The van der Waals surface area contributed by atoms with Crippen LogP contribution in [0.15, 0.2) is 0 Å². The molecule has 0 saturated heterocycles. The summed E-state index contributed by atoms with van der Waals surface area (Å²) in [7, 11) is 3.58. The molecule has 1 fully saturated rings. The molecule has 0 unspecified atom stereocenters. The monoisotopic (exact) mass is 188 g/mol. The van der Waals surface area contributed by atoms with Crippen molar-refractivity contribution in [3.05, 3.63) is 0 Å². The molecule has 3 nitrogen and oxygen atoms in total. The van der Waals surface area contributed by atoms with Crippen LogP contribution in [0.3, 0.4) is 0 Å². The second kappa shape index (κ2) is 4.62. The topological polar surface area (TPSA) is 33.3 Å². The van der Waals surface area contributed by atoms with E-state index in [1.165, 1.54) is 6.42 Å². The summed E-state index contributed by atoms with van der Waals surface area (Å²) in [5, 5.41) is 6.84. The fourth-order valence-corrected chi connectivity index (χ4v) is 1.77. The Morgan fingerprint density at radius 1 is 1.50 bits per heavy atom. The minimum Gasteiger partial charge on any atom is -0.379 e. The summed E-state index contributed by atoms with van der Waals surface area (Å²) in [6.45, 7) is 0. The van der Waals surface area contributed by atoms with Crippen LogP contribution in [0, 0.1) is 0 Å². The van der Waals surface area contributed by atoms with Gasteiger partial charge < -0.3 is 15.4 Å². The van der Waals surface area contributed by atoms with Crippen LogP contribution in [-0.2, 0) is 4.74 Å². The summed E-state index contributed by atoms with van der Waals surface area (Å²) in [5.74, 6) is 0. The largest absolute Gasteiger partial charge is 0.379 e. The first-order valence-corrected chi connectivity index (χ1v) is 4.69. The first-order valence-electron chi connectivity index (χ1n) is 4.29. The Kier molecular flexibility index (Phi) is 3.75. The summed E-state index contributed by atoms with van der Waals surface area (Å²) in [5.41, 5.74) is 0. The number of ether oxygens (including phenoxy) is 1. The van der Waals surface area contributed by atoms with E-state index in [1.54, 1.807) is 7.11 Å². The lowest BCUT2D eigenvalue weighted by molar-refractivity contribution is 0.0907. The summed E-state index contributed by atoms with van der Waals surface area (Å²) in [6.07, 6.45) is 3.85. The highest BCUT2D eigenvalue weighted by molar-refractivity contribution is 7.80. The molecule has 1 rings (SSSR count). The first-order chi connectivity index (χ1) is 5.77. The molecule has 0 aromatic carbocycles. The Morgan fingerprint density at radius 3 is 2.83 bits per heavy atom. The van der Waals surface area contributed by atoms with Gasteiger partial charge in [-0.15, -0.1) is 0 Å². The lowest BCUT2D eigenvalue weighted by atomic mass is 10.2. The van der Waals surface area contributed by atoms with Gasteiger partial charge in [0.15, 0.2) is 5.11 Å². The second-order valence-corrected chi connectivity index (χ2v) is 3.44. The predicted octanol–water partition coefficient (Wildman–Crippen LogP) is 0.648. The van der Waals surface area contributed by atoms with Crippen molar-refractivity contribution in [3.63, 3.8) is 0 Å². The molecule has 1 saturated carbocycles. The normalized spacial score (nSPS) is 28.5. The average molecular weight is 188 g/mol. The Balaban J connectivity index is 2.35. The number of rotatable bonds is 2. The summed E-state index contributed by atoms with van der Waals surface area (Å²) < 4.78 is 5.32. The zero-order valence-corrected chi connectivity index (χ0v) is 8.41. The molecule has 4 heteroatoms. The van der Waals surface area contributed by atoms with Gasteiger partial charge in [-0.1, -0.05) is 0 Å². The molecule has 70 valence electrons. The third-order valence-corrected chi connectivity index (χ3v) is 2.62. The molecule has 12 heavy (non-hydrogen) atoms. The standard InChI is InChI=1S/C8H16N2OS/c1-9-8(12)10-6-4-3-5-7(6)11-2/h6-7H,3-5H2,1-2H3,(H2,9,10,12)/t6-,7-/m0/s1. The molecule has 0 radical (unpaired) electrons. The van der Waals surface area contributed by atoms with Crippen molar-refractivity contribution in [3.8, 4) is 0 Å². The molecule has 0 aliphatic heterocycles. The molecule has 2 atom stereocenters. The third-order valence-electron chi connectivity index (χ3n) is 2.30. The number of thiocarbonyl (C=S) groups is 1. The molecule has 2 N–H and O–H groups in total. The van der Waals surface area contributed by atoms with E-state index in [0.29, 0.717) is 17.3 Å². The van der Waals surface area contributed by atoms with Crippen LogP contribution in [0.5, 0.6) is 0 Å². The maximum absolute atomic E-state index is 5.32. The van der Waals surface area contributed by atoms with Crippen LogP contribution in [0.1, 0.15) is 19.3 Å². The van der Waals surface area contributed by atoms with Gasteiger partial charge in [-0.2, -0.15) is 0 Å². The lowest BCUT2D eigenvalue weighted by Gasteiger charge is -2.20. The van der Waals surface area contributed by atoms with Gasteiger partial charge in [0.05, 0.1) is 12.1 Å². The molecule has 0 bridgehead atoms. The van der Waals surface area contributed by atoms with E-state index < -0.39 is 0 Å². The van der Waals surface area contributed by atoms with Crippen molar-refractivity contribution in [2.24, 2.45) is 0 Å². The van der Waals surface area contributed by atoms with Crippen LogP contribution in [-0.4, -0.2) is 31.4 Å². The first kappa shape index (κ1) is 9.74. The van der Waals surface area contributed by atoms with Crippen LogP contribution in [0.4, 0.5) is 0 Å². The molecule has 0 heterocycles.